The molecule has 0 saturated carbocycles. The molecular weight excluding hydrogens is 284 g/mol. The van der Waals surface area contributed by atoms with E-state index in [0.29, 0.717) is 18.2 Å². The van der Waals surface area contributed by atoms with Crippen LogP contribution in [-0.2, 0) is 13.1 Å². The van der Waals surface area contributed by atoms with Crippen LogP contribution in [0, 0.1) is 0 Å². The minimum atomic E-state index is 0.379. The van der Waals surface area contributed by atoms with Crippen molar-refractivity contribution in [2.75, 3.05) is 7.11 Å². The van der Waals surface area contributed by atoms with Crippen molar-refractivity contribution in [1.29, 1.82) is 0 Å². The lowest BCUT2D eigenvalue weighted by Crippen LogP contribution is -2.12. The predicted octanol–water partition coefficient (Wildman–Crippen LogP) is 0.793. The highest BCUT2D eigenvalue weighted by Gasteiger charge is 2.11. The van der Waals surface area contributed by atoms with Crippen molar-refractivity contribution in [1.82, 2.24) is 40.4 Å². The Kier molecular flexibility index (Phi) is 4.03. The number of aryl methyl sites for hydroxylation is 1. The number of tetrazole rings is 2. The molecule has 22 heavy (non-hydrogen) atoms. The zero-order chi connectivity index (χ0) is 15.4. The summed E-state index contributed by atoms with van der Waals surface area (Å²) in [6.07, 6.45) is 0.956. The highest BCUT2D eigenvalue weighted by Crippen LogP contribution is 2.19. The van der Waals surface area contributed by atoms with E-state index in [1.54, 1.807) is 11.8 Å². The van der Waals surface area contributed by atoms with Crippen LogP contribution in [0.2, 0.25) is 0 Å². The van der Waals surface area contributed by atoms with Crippen LogP contribution in [0.4, 0.5) is 0 Å². The van der Waals surface area contributed by atoms with E-state index >= 15 is 0 Å². The van der Waals surface area contributed by atoms with Gasteiger partial charge < -0.3 is 4.74 Å². The lowest BCUT2D eigenvalue weighted by atomic mass is 10.2. The van der Waals surface area contributed by atoms with Crippen molar-refractivity contribution in [2.24, 2.45) is 0 Å². The molecule has 114 valence electrons. The quantitative estimate of drug-likeness (QED) is 0.664. The Bertz CT molecular complexity index is 750. The Morgan fingerprint density at radius 3 is 2.91 bits per heavy atom. The summed E-state index contributed by atoms with van der Waals surface area (Å²) in [5.74, 6) is 1.99. The van der Waals surface area contributed by atoms with Gasteiger partial charge in [0.25, 0.3) is 0 Å². The zero-order valence-corrected chi connectivity index (χ0v) is 12.4. The minimum absolute atomic E-state index is 0.379. The molecular formula is C13H16N8O. The number of ether oxygens (including phenoxy) is 1. The Morgan fingerprint density at radius 1 is 1.18 bits per heavy atom. The first kappa shape index (κ1) is 14.1. The first-order chi connectivity index (χ1) is 10.8. The molecule has 0 spiro atoms. The molecule has 0 fully saturated rings. The fourth-order valence-corrected chi connectivity index (χ4v) is 2.04. The number of hydrogen-bond donors (Lipinski definition) is 0. The smallest absolute Gasteiger partial charge is 0.205 e. The molecule has 3 rings (SSSR count). The van der Waals surface area contributed by atoms with E-state index in [1.807, 2.05) is 24.3 Å². The molecule has 1 aromatic carbocycles. The molecule has 0 radical (unpaired) electrons. The molecule has 0 aliphatic carbocycles. The number of nitrogens with zero attached hydrogens (tertiary/aromatic N) is 8. The van der Waals surface area contributed by atoms with Gasteiger partial charge in [-0.1, -0.05) is 19.1 Å². The van der Waals surface area contributed by atoms with E-state index in [0.717, 1.165) is 24.3 Å². The zero-order valence-electron chi connectivity index (χ0n) is 12.4. The maximum atomic E-state index is 5.20. The Hall–Kier alpha value is -2.84. The maximum Gasteiger partial charge on any atom is 0.205 e. The van der Waals surface area contributed by atoms with E-state index in [9.17, 15) is 0 Å². The molecule has 0 atom stereocenters. The van der Waals surface area contributed by atoms with Crippen molar-refractivity contribution in [3.63, 3.8) is 0 Å². The van der Waals surface area contributed by atoms with Gasteiger partial charge in [-0.25, -0.2) is 4.68 Å². The summed E-state index contributed by atoms with van der Waals surface area (Å²) in [6, 6.07) is 7.52. The van der Waals surface area contributed by atoms with E-state index < -0.39 is 0 Å². The van der Waals surface area contributed by atoms with Crippen LogP contribution in [0.5, 0.6) is 5.75 Å². The second-order valence-corrected chi connectivity index (χ2v) is 4.69. The second-order valence-electron chi connectivity index (χ2n) is 4.69. The maximum absolute atomic E-state index is 5.20. The van der Waals surface area contributed by atoms with Gasteiger partial charge in [-0.15, -0.1) is 15.3 Å². The summed E-state index contributed by atoms with van der Waals surface area (Å²) < 4.78 is 6.94. The summed E-state index contributed by atoms with van der Waals surface area (Å²) in [5.41, 5.74) is 0.846. The van der Waals surface area contributed by atoms with Gasteiger partial charge in [0, 0.05) is 12.1 Å². The summed E-state index contributed by atoms with van der Waals surface area (Å²) >= 11 is 0. The van der Waals surface area contributed by atoms with Crippen LogP contribution in [-0.4, -0.2) is 47.5 Å². The molecule has 9 heteroatoms. The van der Waals surface area contributed by atoms with Crippen molar-refractivity contribution < 1.29 is 4.74 Å². The van der Waals surface area contributed by atoms with Crippen molar-refractivity contribution in [2.45, 2.75) is 26.4 Å². The molecule has 0 aliphatic rings. The van der Waals surface area contributed by atoms with Gasteiger partial charge in [-0.2, -0.15) is 4.80 Å². The van der Waals surface area contributed by atoms with E-state index in [2.05, 4.69) is 37.9 Å². The average molecular weight is 300 g/mol. The number of rotatable bonds is 6. The summed E-state index contributed by atoms with van der Waals surface area (Å²) in [6.45, 7) is 3.21. The fraction of sp³-hybridized carbons (Fsp3) is 0.385. The minimum Gasteiger partial charge on any atom is -0.497 e. The number of benzene rings is 1. The Balaban J connectivity index is 1.80. The molecule has 9 nitrogen and oxygen atoms in total. The Morgan fingerprint density at radius 2 is 2.09 bits per heavy atom. The molecule has 2 aromatic heterocycles. The molecule has 0 saturated heterocycles. The molecule has 0 bridgehead atoms. The molecule has 0 unspecified atom stereocenters. The monoisotopic (exact) mass is 300 g/mol. The van der Waals surface area contributed by atoms with Gasteiger partial charge >= 0.3 is 0 Å². The molecule has 3 aromatic rings. The van der Waals surface area contributed by atoms with Crippen LogP contribution in [0.1, 0.15) is 19.2 Å². The van der Waals surface area contributed by atoms with Crippen LogP contribution in [0.15, 0.2) is 24.3 Å². The first-order valence-corrected chi connectivity index (χ1v) is 6.97. The summed E-state index contributed by atoms with van der Waals surface area (Å²) in [4.78, 5) is 1.48. The van der Waals surface area contributed by atoms with E-state index in [1.165, 1.54) is 4.80 Å². The lowest BCUT2D eigenvalue weighted by molar-refractivity contribution is 0.415. The van der Waals surface area contributed by atoms with Gasteiger partial charge in [0.15, 0.2) is 5.82 Å². The SMILES string of the molecule is CCCn1nnnc1Cn1nnc(-c2cccc(OC)c2)n1. The van der Waals surface area contributed by atoms with Crippen LogP contribution in [0.25, 0.3) is 11.4 Å². The highest BCUT2D eigenvalue weighted by atomic mass is 16.5. The number of aromatic nitrogens is 8. The largest absolute Gasteiger partial charge is 0.497 e. The van der Waals surface area contributed by atoms with Gasteiger partial charge in [0.1, 0.15) is 12.3 Å². The molecule has 0 amide bonds. The average Bonchev–Trinajstić information content (AvgIpc) is 3.18. The topological polar surface area (TPSA) is 96.4 Å². The fourth-order valence-electron chi connectivity index (χ4n) is 2.04. The van der Waals surface area contributed by atoms with Gasteiger partial charge in [0.05, 0.1) is 7.11 Å². The predicted molar refractivity (Wildman–Crippen MR) is 77.0 cm³/mol. The molecule has 0 N–H and O–H groups in total. The standard InChI is InChI=1S/C13H16N8O/c1-3-7-20-12(14-17-19-20)9-21-16-13(15-18-21)10-5-4-6-11(8-10)22-2/h4-6,8H,3,7,9H2,1-2H3. The Labute approximate surface area is 126 Å². The van der Waals surface area contributed by atoms with Gasteiger partial charge in [-0.05, 0) is 34.2 Å². The second kappa shape index (κ2) is 6.29. The normalized spacial score (nSPS) is 10.8. The lowest BCUT2D eigenvalue weighted by Gasteiger charge is -2.01. The van der Waals surface area contributed by atoms with Crippen molar-refractivity contribution in [3.05, 3.63) is 30.1 Å². The third kappa shape index (κ3) is 2.92. The van der Waals surface area contributed by atoms with Crippen LogP contribution >= 0.6 is 0 Å². The van der Waals surface area contributed by atoms with Crippen molar-refractivity contribution >= 4 is 0 Å². The third-order valence-corrected chi connectivity index (χ3v) is 3.11. The van der Waals surface area contributed by atoms with Gasteiger partial charge in [0.2, 0.25) is 5.82 Å². The molecule has 2 heterocycles. The van der Waals surface area contributed by atoms with E-state index in [4.69, 9.17) is 4.74 Å². The summed E-state index contributed by atoms with van der Waals surface area (Å²) in [7, 11) is 1.62. The molecule has 0 aliphatic heterocycles. The summed E-state index contributed by atoms with van der Waals surface area (Å²) in [5, 5.41) is 24.1. The number of methoxy groups -OCH3 is 1. The third-order valence-electron chi connectivity index (χ3n) is 3.11. The van der Waals surface area contributed by atoms with Crippen LogP contribution in [0.3, 0.4) is 0 Å². The van der Waals surface area contributed by atoms with Gasteiger partial charge in [-0.3, -0.25) is 0 Å². The first-order valence-electron chi connectivity index (χ1n) is 6.97. The van der Waals surface area contributed by atoms with Crippen LogP contribution < -0.4 is 4.74 Å². The van der Waals surface area contributed by atoms with Crippen molar-refractivity contribution in [3.8, 4) is 17.1 Å². The number of hydrogen-bond acceptors (Lipinski definition) is 7. The van der Waals surface area contributed by atoms with E-state index in [-0.39, 0.29) is 0 Å². The highest BCUT2D eigenvalue weighted by molar-refractivity contribution is 5.56.